The Kier molecular flexibility index (Phi) is 6.18. The van der Waals surface area contributed by atoms with Gasteiger partial charge in [0, 0.05) is 17.2 Å². The van der Waals surface area contributed by atoms with Crippen LogP contribution in [0.5, 0.6) is 5.75 Å². The van der Waals surface area contributed by atoms with Crippen LogP contribution >= 0.6 is 27.7 Å². The fraction of sp³-hybridized carbons (Fsp3) is 0.211. The van der Waals surface area contributed by atoms with Gasteiger partial charge >= 0.3 is 0 Å². The molecule has 0 bridgehead atoms. The van der Waals surface area contributed by atoms with Crippen LogP contribution < -0.4 is 10.1 Å². The van der Waals surface area contributed by atoms with Gasteiger partial charge in [0.05, 0.1) is 18.4 Å². The zero-order chi connectivity index (χ0) is 19.4. The van der Waals surface area contributed by atoms with Crippen molar-refractivity contribution in [1.29, 1.82) is 0 Å². The van der Waals surface area contributed by atoms with Gasteiger partial charge in [-0.1, -0.05) is 39.8 Å². The number of hydrogen-bond donors (Lipinski definition) is 1. The van der Waals surface area contributed by atoms with E-state index in [0.717, 1.165) is 27.0 Å². The molecule has 6 nitrogen and oxygen atoms in total. The minimum Gasteiger partial charge on any atom is -0.496 e. The van der Waals surface area contributed by atoms with Gasteiger partial charge in [-0.2, -0.15) is 0 Å². The maximum atomic E-state index is 12.3. The maximum Gasteiger partial charge on any atom is 0.234 e. The molecule has 3 aromatic rings. The van der Waals surface area contributed by atoms with Crippen molar-refractivity contribution in [2.45, 2.75) is 12.1 Å². The number of nitrogens with one attached hydrogen (secondary N) is 1. The molecular formula is C19H19BrN4O2S. The Morgan fingerprint density at radius 3 is 2.78 bits per heavy atom. The number of aromatic nitrogens is 3. The molecule has 1 amide bonds. The van der Waals surface area contributed by atoms with E-state index in [1.807, 2.05) is 61.0 Å². The van der Waals surface area contributed by atoms with Gasteiger partial charge in [-0.05, 0) is 42.8 Å². The van der Waals surface area contributed by atoms with Crippen LogP contribution in [0.25, 0.3) is 11.4 Å². The molecule has 3 rings (SSSR count). The molecule has 27 heavy (non-hydrogen) atoms. The number of ether oxygens (including phenoxy) is 1. The number of hydrogen-bond acceptors (Lipinski definition) is 5. The summed E-state index contributed by atoms with van der Waals surface area (Å²) in [5, 5.41) is 12.1. The Bertz CT molecular complexity index is 974. The van der Waals surface area contributed by atoms with Crippen LogP contribution in [0.1, 0.15) is 5.56 Å². The van der Waals surface area contributed by atoms with Crippen LogP contribution in [0, 0.1) is 6.92 Å². The molecule has 0 aliphatic rings. The molecule has 1 N–H and O–H groups in total. The van der Waals surface area contributed by atoms with E-state index < -0.39 is 0 Å². The summed E-state index contributed by atoms with van der Waals surface area (Å²) in [6.07, 6.45) is 0. The summed E-state index contributed by atoms with van der Waals surface area (Å²) in [6.45, 7) is 1.95. The number of thioether (sulfide) groups is 1. The van der Waals surface area contributed by atoms with Crippen molar-refractivity contribution in [3.05, 3.63) is 52.5 Å². The third-order valence-electron chi connectivity index (χ3n) is 3.98. The number of halogens is 1. The first-order chi connectivity index (χ1) is 13.0. The molecule has 0 spiro atoms. The molecule has 1 heterocycles. The summed E-state index contributed by atoms with van der Waals surface area (Å²) >= 11 is 4.76. The summed E-state index contributed by atoms with van der Waals surface area (Å²) in [4.78, 5) is 12.3. The van der Waals surface area contributed by atoms with Crippen LogP contribution in [-0.4, -0.2) is 33.5 Å². The molecule has 0 unspecified atom stereocenters. The highest BCUT2D eigenvalue weighted by Crippen LogP contribution is 2.30. The van der Waals surface area contributed by atoms with Gasteiger partial charge in [0.15, 0.2) is 11.0 Å². The lowest BCUT2D eigenvalue weighted by molar-refractivity contribution is -0.113. The topological polar surface area (TPSA) is 69.0 Å². The lowest BCUT2D eigenvalue weighted by Crippen LogP contribution is -2.15. The fourth-order valence-electron chi connectivity index (χ4n) is 2.59. The zero-order valence-electron chi connectivity index (χ0n) is 15.2. The van der Waals surface area contributed by atoms with Gasteiger partial charge in [0.2, 0.25) is 5.91 Å². The fourth-order valence-corrected chi connectivity index (χ4v) is 3.77. The Hall–Kier alpha value is -2.32. The van der Waals surface area contributed by atoms with Gasteiger partial charge in [-0.3, -0.25) is 4.79 Å². The highest BCUT2D eigenvalue weighted by atomic mass is 79.9. The number of methoxy groups -OCH3 is 1. The van der Waals surface area contributed by atoms with Crippen molar-refractivity contribution in [3.63, 3.8) is 0 Å². The van der Waals surface area contributed by atoms with Crippen molar-refractivity contribution < 1.29 is 9.53 Å². The number of benzene rings is 2. The van der Waals surface area contributed by atoms with Crippen molar-refractivity contribution >= 4 is 39.3 Å². The molecule has 0 radical (unpaired) electrons. The molecule has 8 heteroatoms. The SMILES string of the molecule is COc1ccccc1-c1nnc(SCC(=O)Nc2ccc(Br)cc2C)n1C. The summed E-state index contributed by atoms with van der Waals surface area (Å²) in [5.41, 5.74) is 2.66. The number of aryl methyl sites for hydroxylation is 1. The van der Waals surface area contributed by atoms with Crippen molar-refractivity contribution in [2.75, 3.05) is 18.2 Å². The van der Waals surface area contributed by atoms with Crippen molar-refractivity contribution in [3.8, 4) is 17.1 Å². The Balaban J connectivity index is 1.68. The Morgan fingerprint density at radius 2 is 2.04 bits per heavy atom. The summed E-state index contributed by atoms with van der Waals surface area (Å²) in [5.74, 6) is 1.58. The summed E-state index contributed by atoms with van der Waals surface area (Å²) in [7, 11) is 3.50. The number of nitrogens with zero attached hydrogens (tertiary/aromatic N) is 3. The van der Waals surface area contributed by atoms with E-state index in [0.29, 0.717) is 11.0 Å². The predicted molar refractivity (Wildman–Crippen MR) is 111 cm³/mol. The smallest absolute Gasteiger partial charge is 0.234 e. The van der Waals surface area contributed by atoms with E-state index in [1.165, 1.54) is 11.8 Å². The molecule has 0 saturated heterocycles. The standard InChI is InChI=1S/C19H19BrN4O2S/c1-12-10-13(20)8-9-15(12)21-17(25)11-27-19-23-22-18(24(19)2)14-6-4-5-7-16(14)26-3/h4-10H,11H2,1-3H3,(H,21,25). The second kappa shape index (κ2) is 8.58. The van der Waals surface area contributed by atoms with E-state index in [2.05, 4.69) is 31.4 Å². The molecule has 140 valence electrons. The zero-order valence-corrected chi connectivity index (χ0v) is 17.6. The minimum absolute atomic E-state index is 0.0905. The minimum atomic E-state index is -0.0905. The van der Waals surface area contributed by atoms with Crippen LogP contribution in [-0.2, 0) is 11.8 Å². The first-order valence-electron chi connectivity index (χ1n) is 8.21. The van der Waals surface area contributed by atoms with E-state index in [4.69, 9.17) is 4.74 Å². The number of rotatable bonds is 6. The van der Waals surface area contributed by atoms with Crippen LogP contribution in [0.2, 0.25) is 0 Å². The van der Waals surface area contributed by atoms with Gasteiger partial charge in [0.1, 0.15) is 5.75 Å². The number of carbonyl (C=O) groups is 1. The molecule has 0 aliphatic heterocycles. The molecule has 0 aliphatic carbocycles. The first kappa shape index (κ1) is 19.4. The van der Waals surface area contributed by atoms with Crippen LogP contribution in [0.4, 0.5) is 5.69 Å². The maximum absolute atomic E-state index is 12.3. The third kappa shape index (κ3) is 4.51. The summed E-state index contributed by atoms with van der Waals surface area (Å²) in [6, 6.07) is 13.4. The second-order valence-corrected chi connectivity index (χ2v) is 7.72. The normalized spacial score (nSPS) is 10.7. The average molecular weight is 447 g/mol. The highest BCUT2D eigenvalue weighted by Gasteiger charge is 2.16. The van der Waals surface area contributed by atoms with Gasteiger partial charge in [-0.15, -0.1) is 10.2 Å². The number of carbonyl (C=O) groups excluding carboxylic acids is 1. The molecule has 0 saturated carbocycles. The lowest BCUT2D eigenvalue weighted by atomic mass is 10.2. The number of amides is 1. The van der Waals surface area contributed by atoms with Gasteiger partial charge < -0.3 is 14.6 Å². The van der Waals surface area contributed by atoms with Crippen molar-refractivity contribution in [1.82, 2.24) is 14.8 Å². The molecule has 0 atom stereocenters. The quantitative estimate of drug-likeness (QED) is 0.571. The average Bonchev–Trinajstić information content (AvgIpc) is 3.02. The van der Waals surface area contributed by atoms with E-state index in [9.17, 15) is 4.79 Å². The van der Waals surface area contributed by atoms with Crippen LogP contribution in [0.15, 0.2) is 52.1 Å². The third-order valence-corrected chi connectivity index (χ3v) is 5.49. The van der Waals surface area contributed by atoms with Gasteiger partial charge in [-0.25, -0.2) is 0 Å². The van der Waals surface area contributed by atoms with Gasteiger partial charge in [0.25, 0.3) is 0 Å². The number of anilines is 1. The highest BCUT2D eigenvalue weighted by molar-refractivity contribution is 9.10. The first-order valence-corrected chi connectivity index (χ1v) is 9.99. The number of para-hydroxylation sites is 1. The Morgan fingerprint density at radius 1 is 1.26 bits per heavy atom. The van der Waals surface area contributed by atoms with Crippen LogP contribution in [0.3, 0.4) is 0 Å². The monoisotopic (exact) mass is 446 g/mol. The van der Waals surface area contributed by atoms with E-state index in [-0.39, 0.29) is 11.7 Å². The second-order valence-electron chi connectivity index (χ2n) is 5.86. The van der Waals surface area contributed by atoms with E-state index in [1.54, 1.807) is 7.11 Å². The molecular weight excluding hydrogens is 428 g/mol. The molecule has 0 fully saturated rings. The molecule has 2 aromatic carbocycles. The predicted octanol–water partition coefficient (Wildman–Crippen LogP) is 4.29. The Labute approximate surface area is 170 Å². The van der Waals surface area contributed by atoms with E-state index >= 15 is 0 Å². The van der Waals surface area contributed by atoms with Crippen molar-refractivity contribution in [2.24, 2.45) is 7.05 Å². The largest absolute Gasteiger partial charge is 0.496 e. The molecule has 1 aromatic heterocycles. The lowest BCUT2D eigenvalue weighted by Gasteiger charge is -2.09. The summed E-state index contributed by atoms with van der Waals surface area (Å²) < 4.78 is 8.24.